The fourth-order valence-electron chi connectivity index (χ4n) is 1.39. The summed E-state index contributed by atoms with van der Waals surface area (Å²) >= 11 is 0. The molecule has 2 rings (SSSR count). The molecule has 0 bridgehead atoms. The van der Waals surface area contributed by atoms with Gasteiger partial charge >= 0.3 is 0 Å². The summed E-state index contributed by atoms with van der Waals surface area (Å²) in [5.41, 5.74) is 0. The molecule has 0 fully saturated rings. The average Bonchev–Trinajstić information content (AvgIpc) is 2.88. The Balaban J connectivity index is 2.18. The van der Waals surface area contributed by atoms with Crippen molar-refractivity contribution in [1.82, 2.24) is 0 Å². The Bertz CT molecular complexity index is 374. The Labute approximate surface area is 82.4 Å². The molecule has 0 radical (unpaired) electrons. The number of hydrogen-bond acceptors (Lipinski definition) is 3. The van der Waals surface area contributed by atoms with Gasteiger partial charge in [-0.2, -0.15) is 0 Å². The maximum atomic E-state index is 11.7. The lowest BCUT2D eigenvalue weighted by atomic mass is 10.2. The van der Waals surface area contributed by atoms with Gasteiger partial charge in [0.1, 0.15) is 5.76 Å². The molecule has 0 spiro atoms. The van der Waals surface area contributed by atoms with Crippen LogP contribution in [-0.4, -0.2) is 12.4 Å². The topological polar surface area (TPSA) is 39.4 Å². The Morgan fingerprint density at radius 2 is 2.36 bits per heavy atom. The molecule has 2 heterocycles. The zero-order valence-electron chi connectivity index (χ0n) is 8.08. The smallest absolute Gasteiger partial charge is 0.262 e. The van der Waals surface area contributed by atoms with Gasteiger partial charge in [-0.1, -0.05) is 6.92 Å². The summed E-state index contributed by atoms with van der Waals surface area (Å²) in [7, 11) is 0. The van der Waals surface area contributed by atoms with E-state index in [0.29, 0.717) is 18.1 Å². The average molecular weight is 192 g/mol. The molecule has 0 unspecified atom stereocenters. The molecular weight excluding hydrogens is 180 g/mol. The van der Waals surface area contributed by atoms with Crippen LogP contribution in [0.3, 0.4) is 0 Å². The molecule has 0 aliphatic carbocycles. The van der Waals surface area contributed by atoms with Crippen LogP contribution in [0, 0.1) is 0 Å². The van der Waals surface area contributed by atoms with E-state index in [1.807, 2.05) is 13.0 Å². The van der Waals surface area contributed by atoms with Gasteiger partial charge in [-0.3, -0.25) is 4.79 Å². The summed E-state index contributed by atoms with van der Waals surface area (Å²) in [6.07, 6.45) is 3.41. The highest BCUT2D eigenvalue weighted by Crippen LogP contribution is 2.17. The van der Waals surface area contributed by atoms with Crippen LogP contribution in [0.2, 0.25) is 0 Å². The quantitative estimate of drug-likeness (QED) is 0.690. The first-order chi connectivity index (χ1) is 6.81. The van der Waals surface area contributed by atoms with Crippen molar-refractivity contribution in [3.63, 3.8) is 0 Å². The van der Waals surface area contributed by atoms with Gasteiger partial charge in [0.2, 0.25) is 0 Å². The predicted molar refractivity (Wildman–Crippen MR) is 51.1 cm³/mol. The summed E-state index contributed by atoms with van der Waals surface area (Å²) < 4.78 is 10.5. The maximum absolute atomic E-state index is 11.7. The van der Waals surface area contributed by atoms with Gasteiger partial charge in [0, 0.05) is 12.8 Å². The molecule has 3 heteroatoms. The van der Waals surface area contributed by atoms with Crippen LogP contribution in [0.5, 0.6) is 0 Å². The maximum Gasteiger partial charge on any atom is 0.262 e. The van der Waals surface area contributed by atoms with Crippen molar-refractivity contribution >= 4 is 5.78 Å². The van der Waals surface area contributed by atoms with Crippen molar-refractivity contribution in [3.8, 4) is 0 Å². The molecule has 0 saturated carbocycles. The highest BCUT2D eigenvalue weighted by atomic mass is 16.5. The van der Waals surface area contributed by atoms with Crippen molar-refractivity contribution in [2.45, 2.75) is 19.8 Å². The van der Waals surface area contributed by atoms with Crippen LogP contribution in [0.25, 0.3) is 0 Å². The number of hydrogen-bond donors (Lipinski definition) is 0. The zero-order valence-corrected chi connectivity index (χ0v) is 8.08. The molecule has 3 nitrogen and oxygen atoms in total. The second kappa shape index (κ2) is 3.70. The Hall–Kier alpha value is -1.51. The monoisotopic (exact) mass is 192 g/mol. The number of rotatable bonds is 3. The summed E-state index contributed by atoms with van der Waals surface area (Å²) in [5.74, 6) is 1.46. The summed E-state index contributed by atoms with van der Waals surface area (Å²) in [5, 5.41) is 0. The van der Waals surface area contributed by atoms with Gasteiger partial charge in [0.15, 0.2) is 11.5 Å². The molecule has 0 N–H and O–H groups in total. The first-order valence-electron chi connectivity index (χ1n) is 4.77. The first-order valence-corrected chi connectivity index (χ1v) is 4.77. The highest BCUT2D eigenvalue weighted by Gasteiger charge is 2.19. The van der Waals surface area contributed by atoms with Gasteiger partial charge in [-0.25, -0.2) is 0 Å². The molecule has 1 aliphatic rings. The van der Waals surface area contributed by atoms with E-state index in [2.05, 4.69) is 0 Å². The largest absolute Gasteiger partial charge is 0.489 e. The predicted octanol–water partition coefficient (Wildman–Crippen LogP) is 2.33. The highest BCUT2D eigenvalue weighted by molar-refractivity contribution is 6.05. The molecular formula is C11H12O3. The molecule has 0 atom stereocenters. The lowest BCUT2D eigenvalue weighted by molar-refractivity contribution is 0.0914. The van der Waals surface area contributed by atoms with Crippen LogP contribution >= 0.6 is 0 Å². The minimum absolute atomic E-state index is 0.151. The lowest BCUT2D eigenvalue weighted by Crippen LogP contribution is -2.02. The fourth-order valence-corrected chi connectivity index (χ4v) is 1.39. The number of Topliss-reactive ketones (excluding diaryl/α,β-unsaturated/α-hetero) is 1. The number of carbonyl (C=O) groups excluding carboxylic acids is 1. The Morgan fingerprint density at radius 3 is 2.93 bits per heavy atom. The number of ketones is 1. The first kappa shape index (κ1) is 9.06. The van der Waals surface area contributed by atoms with E-state index in [-0.39, 0.29) is 5.78 Å². The van der Waals surface area contributed by atoms with Crippen molar-refractivity contribution in [2.24, 2.45) is 0 Å². The van der Waals surface area contributed by atoms with E-state index in [1.165, 1.54) is 0 Å². The third kappa shape index (κ3) is 1.58. The van der Waals surface area contributed by atoms with Crippen molar-refractivity contribution in [2.75, 3.05) is 6.61 Å². The van der Waals surface area contributed by atoms with Crippen molar-refractivity contribution < 1.29 is 13.9 Å². The standard InChI is InChI=1S/C11H12O3/c1-2-8-5-6-10(14-8)11(12)9-4-3-7-13-9/h4-6H,2-3,7H2,1H3. The number of carbonyl (C=O) groups is 1. The van der Waals surface area contributed by atoms with Gasteiger partial charge < -0.3 is 9.15 Å². The zero-order chi connectivity index (χ0) is 9.97. The van der Waals surface area contributed by atoms with Crippen LogP contribution in [-0.2, 0) is 11.2 Å². The van der Waals surface area contributed by atoms with Crippen LogP contribution in [0.4, 0.5) is 0 Å². The Morgan fingerprint density at radius 1 is 1.50 bits per heavy atom. The number of allylic oxidation sites excluding steroid dienone is 1. The summed E-state index contributed by atoms with van der Waals surface area (Å²) in [6, 6.07) is 3.52. The minimum atomic E-state index is -0.151. The molecule has 0 amide bonds. The number of ether oxygens (including phenoxy) is 1. The normalized spacial score (nSPS) is 15.1. The molecule has 14 heavy (non-hydrogen) atoms. The SMILES string of the molecule is CCc1ccc(C(=O)C2=CCCO2)o1. The number of furan rings is 1. The van der Waals surface area contributed by atoms with Gasteiger partial charge in [-0.15, -0.1) is 0 Å². The van der Waals surface area contributed by atoms with E-state index in [4.69, 9.17) is 9.15 Å². The third-order valence-electron chi connectivity index (χ3n) is 2.16. The van der Waals surface area contributed by atoms with Crippen molar-refractivity contribution in [1.29, 1.82) is 0 Å². The van der Waals surface area contributed by atoms with E-state index in [1.54, 1.807) is 12.1 Å². The van der Waals surface area contributed by atoms with Gasteiger partial charge in [0.25, 0.3) is 5.78 Å². The summed E-state index contributed by atoms with van der Waals surface area (Å²) in [6.45, 7) is 2.58. The van der Waals surface area contributed by atoms with Gasteiger partial charge in [0.05, 0.1) is 6.61 Å². The Kier molecular flexibility index (Phi) is 2.39. The van der Waals surface area contributed by atoms with Crippen LogP contribution in [0.15, 0.2) is 28.4 Å². The van der Waals surface area contributed by atoms with Gasteiger partial charge in [-0.05, 0) is 18.2 Å². The fraction of sp³-hybridized carbons (Fsp3) is 0.364. The molecule has 1 aromatic rings. The molecule has 1 aromatic heterocycles. The second-order valence-electron chi connectivity index (χ2n) is 3.15. The molecule has 1 aliphatic heterocycles. The lowest BCUT2D eigenvalue weighted by Gasteiger charge is -1.99. The van der Waals surface area contributed by atoms with E-state index >= 15 is 0 Å². The van der Waals surface area contributed by atoms with Crippen LogP contribution < -0.4 is 0 Å². The molecule has 0 aromatic carbocycles. The van der Waals surface area contributed by atoms with E-state index in [0.717, 1.165) is 18.6 Å². The molecule has 0 saturated heterocycles. The summed E-state index contributed by atoms with van der Waals surface area (Å²) in [4.78, 5) is 11.7. The van der Waals surface area contributed by atoms with E-state index in [9.17, 15) is 4.79 Å². The third-order valence-corrected chi connectivity index (χ3v) is 2.16. The molecule has 74 valence electrons. The minimum Gasteiger partial charge on any atom is -0.489 e. The van der Waals surface area contributed by atoms with Crippen LogP contribution in [0.1, 0.15) is 29.7 Å². The second-order valence-corrected chi connectivity index (χ2v) is 3.15. The van der Waals surface area contributed by atoms with Crippen molar-refractivity contribution in [3.05, 3.63) is 35.5 Å². The van der Waals surface area contributed by atoms with E-state index < -0.39 is 0 Å². The number of aryl methyl sites for hydroxylation is 1.